The van der Waals surface area contributed by atoms with Gasteiger partial charge in [0.1, 0.15) is 17.7 Å². The van der Waals surface area contributed by atoms with Gasteiger partial charge in [0.2, 0.25) is 11.8 Å². The number of ether oxygens (including phenoxy) is 1. The summed E-state index contributed by atoms with van der Waals surface area (Å²) in [5.41, 5.74) is 4.79. The summed E-state index contributed by atoms with van der Waals surface area (Å²) in [6, 6.07) is 29.5. The minimum Gasteiger partial charge on any atom is -0.444 e. The van der Waals surface area contributed by atoms with Gasteiger partial charge in [-0.15, -0.1) is 0 Å². The molecule has 0 aliphatic heterocycles. The summed E-state index contributed by atoms with van der Waals surface area (Å²) < 4.78 is 5.43. The SMILES string of the molecule is CNC(=O)[C@H](Cc1ccc(-c2ccccc2)nc1)NC(=O)[C@H](Cc1ccc(-c2ccccc2)cc1)NC(=O)OC(C)(C)C. The van der Waals surface area contributed by atoms with Gasteiger partial charge in [-0.1, -0.05) is 91.0 Å². The summed E-state index contributed by atoms with van der Waals surface area (Å²) in [6.07, 6.45) is 1.41. The van der Waals surface area contributed by atoms with Crippen LogP contribution in [-0.4, -0.2) is 47.6 Å². The van der Waals surface area contributed by atoms with Crippen molar-refractivity contribution in [3.05, 3.63) is 114 Å². The van der Waals surface area contributed by atoms with Crippen LogP contribution in [0.4, 0.5) is 4.79 Å². The second kappa shape index (κ2) is 14.3. The molecular formula is C35H38N4O4. The predicted octanol–water partition coefficient (Wildman–Crippen LogP) is 5.32. The van der Waals surface area contributed by atoms with Crippen LogP contribution in [0.1, 0.15) is 31.9 Å². The summed E-state index contributed by atoms with van der Waals surface area (Å²) in [5.74, 6) is -0.857. The van der Waals surface area contributed by atoms with Crippen LogP contribution in [0.2, 0.25) is 0 Å². The van der Waals surface area contributed by atoms with Gasteiger partial charge in [0.25, 0.3) is 0 Å². The molecule has 0 aliphatic rings. The van der Waals surface area contributed by atoms with E-state index >= 15 is 0 Å². The van der Waals surface area contributed by atoms with E-state index in [4.69, 9.17) is 4.74 Å². The van der Waals surface area contributed by atoms with E-state index in [0.29, 0.717) is 0 Å². The van der Waals surface area contributed by atoms with E-state index in [1.165, 1.54) is 7.05 Å². The lowest BCUT2D eigenvalue weighted by atomic mass is 9.99. The summed E-state index contributed by atoms with van der Waals surface area (Å²) in [4.78, 5) is 43.7. The first kappa shape index (κ1) is 31.0. The van der Waals surface area contributed by atoms with E-state index in [-0.39, 0.29) is 18.7 Å². The maximum Gasteiger partial charge on any atom is 0.408 e. The van der Waals surface area contributed by atoms with E-state index < -0.39 is 29.7 Å². The Labute approximate surface area is 252 Å². The Kier molecular flexibility index (Phi) is 10.3. The van der Waals surface area contributed by atoms with Crippen molar-refractivity contribution in [1.82, 2.24) is 20.9 Å². The van der Waals surface area contributed by atoms with Crippen LogP contribution >= 0.6 is 0 Å². The van der Waals surface area contributed by atoms with Gasteiger partial charge in [-0.05, 0) is 49.1 Å². The Hall–Kier alpha value is -4.98. The largest absolute Gasteiger partial charge is 0.444 e. The van der Waals surface area contributed by atoms with Crippen LogP contribution in [0.15, 0.2) is 103 Å². The lowest BCUT2D eigenvalue weighted by molar-refractivity contribution is -0.129. The Balaban J connectivity index is 1.51. The minimum absolute atomic E-state index is 0.202. The summed E-state index contributed by atoms with van der Waals surface area (Å²) in [7, 11) is 1.52. The van der Waals surface area contributed by atoms with Crippen molar-refractivity contribution in [2.75, 3.05) is 7.05 Å². The van der Waals surface area contributed by atoms with Crippen LogP contribution < -0.4 is 16.0 Å². The van der Waals surface area contributed by atoms with Crippen LogP contribution in [-0.2, 0) is 27.2 Å². The third kappa shape index (κ3) is 9.26. The quantitative estimate of drug-likeness (QED) is 0.236. The number of hydrogen-bond acceptors (Lipinski definition) is 5. The van der Waals surface area contributed by atoms with Gasteiger partial charge < -0.3 is 20.7 Å². The zero-order valence-electron chi connectivity index (χ0n) is 25.0. The Morgan fingerprint density at radius 1 is 0.674 bits per heavy atom. The number of pyridine rings is 1. The van der Waals surface area contributed by atoms with E-state index in [1.54, 1.807) is 27.0 Å². The average molecular weight is 579 g/mol. The molecule has 0 saturated heterocycles. The van der Waals surface area contributed by atoms with Gasteiger partial charge in [0.05, 0.1) is 5.69 Å². The molecule has 0 saturated carbocycles. The fourth-order valence-corrected chi connectivity index (χ4v) is 4.58. The molecule has 1 aromatic heterocycles. The minimum atomic E-state index is -0.983. The number of benzene rings is 3. The van der Waals surface area contributed by atoms with Gasteiger partial charge in [0, 0.05) is 31.6 Å². The molecule has 0 unspecified atom stereocenters. The number of alkyl carbamates (subject to hydrolysis) is 1. The van der Waals surface area contributed by atoms with Crippen molar-refractivity contribution >= 4 is 17.9 Å². The molecule has 8 heteroatoms. The molecule has 2 atom stereocenters. The highest BCUT2D eigenvalue weighted by Crippen LogP contribution is 2.20. The number of carbonyl (C=O) groups is 3. The van der Waals surface area contributed by atoms with Crippen molar-refractivity contribution in [2.24, 2.45) is 0 Å². The normalized spacial score (nSPS) is 12.5. The third-order valence-electron chi connectivity index (χ3n) is 6.72. The molecular weight excluding hydrogens is 540 g/mol. The van der Waals surface area contributed by atoms with Crippen molar-refractivity contribution < 1.29 is 19.1 Å². The van der Waals surface area contributed by atoms with Gasteiger partial charge >= 0.3 is 6.09 Å². The van der Waals surface area contributed by atoms with Crippen LogP contribution in [0.3, 0.4) is 0 Å². The number of carbonyl (C=O) groups excluding carboxylic acids is 3. The Bertz CT molecular complexity index is 1500. The molecule has 0 spiro atoms. The molecule has 8 nitrogen and oxygen atoms in total. The van der Waals surface area contributed by atoms with E-state index in [2.05, 4.69) is 20.9 Å². The molecule has 3 aromatic carbocycles. The highest BCUT2D eigenvalue weighted by molar-refractivity contribution is 5.91. The Morgan fingerprint density at radius 2 is 1.21 bits per heavy atom. The fourth-order valence-electron chi connectivity index (χ4n) is 4.58. The zero-order chi connectivity index (χ0) is 30.8. The average Bonchev–Trinajstić information content (AvgIpc) is 3.00. The number of amides is 3. The van der Waals surface area contributed by atoms with Gasteiger partial charge in [-0.25, -0.2) is 4.79 Å². The number of nitrogens with one attached hydrogen (secondary N) is 3. The number of hydrogen-bond donors (Lipinski definition) is 3. The van der Waals surface area contributed by atoms with Crippen molar-refractivity contribution in [2.45, 2.75) is 51.3 Å². The lowest BCUT2D eigenvalue weighted by Crippen LogP contribution is -2.55. The first-order valence-electron chi connectivity index (χ1n) is 14.3. The van der Waals surface area contributed by atoms with Crippen molar-refractivity contribution in [1.29, 1.82) is 0 Å². The van der Waals surface area contributed by atoms with Crippen LogP contribution in [0, 0.1) is 0 Å². The topological polar surface area (TPSA) is 109 Å². The smallest absolute Gasteiger partial charge is 0.408 e. The molecule has 3 amide bonds. The molecule has 0 radical (unpaired) electrons. The molecule has 1 heterocycles. The van der Waals surface area contributed by atoms with Gasteiger partial charge in [-0.2, -0.15) is 0 Å². The maximum absolute atomic E-state index is 13.6. The Morgan fingerprint density at radius 3 is 1.77 bits per heavy atom. The predicted molar refractivity (Wildman–Crippen MR) is 168 cm³/mol. The summed E-state index contributed by atoms with van der Waals surface area (Å²) in [5, 5.41) is 8.17. The molecule has 0 fully saturated rings. The first-order valence-corrected chi connectivity index (χ1v) is 14.3. The molecule has 0 aliphatic carbocycles. The van der Waals surface area contributed by atoms with Crippen molar-refractivity contribution in [3.8, 4) is 22.4 Å². The number of nitrogens with zero attached hydrogens (tertiary/aromatic N) is 1. The molecule has 3 N–H and O–H groups in total. The highest BCUT2D eigenvalue weighted by atomic mass is 16.6. The lowest BCUT2D eigenvalue weighted by Gasteiger charge is -2.25. The zero-order valence-corrected chi connectivity index (χ0v) is 25.0. The molecule has 222 valence electrons. The van der Waals surface area contributed by atoms with Gasteiger partial charge in [-0.3, -0.25) is 14.6 Å². The summed E-state index contributed by atoms with van der Waals surface area (Å²) >= 11 is 0. The second-order valence-corrected chi connectivity index (χ2v) is 11.3. The molecule has 43 heavy (non-hydrogen) atoms. The maximum atomic E-state index is 13.6. The first-order chi connectivity index (χ1) is 20.6. The number of rotatable bonds is 10. The van der Waals surface area contributed by atoms with Gasteiger partial charge in [0.15, 0.2) is 0 Å². The molecule has 0 bridgehead atoms. The summed E-state index contributed by atoms with van der Waals surface area (Å²) in [6.45, 7) is 5.26. The molecule has 4 aromatic rings. The third-order valence-corrected chi connectivity index (χ3v) is 6.72. The monoisotopic (exact) mass is 578 g/mol. The van der Waals surface area contributed by atoms with Crippen LogP contribution in [0.5, 0.6) is 0 Å². The fraction of sp³-hybridized carbons (Fsp3) is 0.257. The van der Waals surface area contributed by atoms with E-state index in [1.807, 2.05) is 97.1 Å². The van der Waals surface area contributed by atoms with Crippen molar-refractivity contribution in [3.63, 3.8) is 0 Å². The van der Waals surface area contributed by atoms with Crippen LogP contribution in [0.25, 0.3) is 22.4 Å². The van der Waals surface area contributed by atoms with E-state index in [0.717, 1.165) is 33.5 Å². The molecule has 4 rings (SSSR count). The standard InChI is InChI=1S/C35H38N4O4/c1-35(2,3)43-34(42)39-31(21-24-15-18-27(19-16-24)26-11-7-5-8-12-26)33(41)38-30(32(40)36-4)22-25-17-20-29(37-23-25)28-13-9-6-10-14-28/h5-20,23,30-31H,21-22H2,1-4H3,(H,36,40)(H,38,41)(H,39,42)/t30-,31-/m0/s1. The number of likely N-dealkylation sites (N-methyl/N-ethyl adjacent to an activating group) is 1. The van der Waals surface area contributed by atoms with E-state index in [9.17, 15) is 14.4 Å². The number of aromatic nitrogens is 1. The second-order valence-electron chi connectivity index (χ2n) is 11.3. The highest BCUT2D eigenvalue weighted by Gasteiger charge is 2.28.